The van der Waals surface area contributed by atoms with Crippen molar-refractivity contribution in [2.24, 2.45) is 0 Å². The molecule has 1 aliphatic rings. The van der Waals surface area contributed by atoms with E-state index < -0.39 is 0 Å². The van der Waals surface area contributed by atoms with Crippen LogP contribution in [-0.2, 0) is 0 Å². The molecule has 24 heavy (non-hydrogen) atoms. The molecule has 0 bridgehead atoms. The van der Waals surface area contributed by atoms with Crippen LogP contribution in [0.5, 0.6) is 0 Å². The fourth-order valence-corrected chi connectivity index (χ4v) is 3.26. The number of unbranched alkanes of at least 4 members (excludes halogenated alkanes) is 2. The van der Waals surface area contributed by atoms with Gasteiger partial charge < -0.3 is 15.1 Å². The quantitative estimate of drug-likeness (QED) is 0.750. The van der Waals surface area contributed by atoms with Crippen LogP contribution in [0.4, 0.5) is 17.1 Å². The van der Waals surface area contributed by atoms with Crippen LogP contribution in [0.2, 0.25) is 0 Å². The van der Waals surface area contributed by atoms with Crippen LogP contribution >= 0.6 is 0 Å². The van der Waals surface area contributed by atoms with Crippen LogP contribution in [0.15, 0.2) is 54.6 Å². The fourth-order valence-electron chi connectivity index (χ4n) is 3.26. The van der Waals surface area contributed by atoms with Gasteiger partial charge in [0.2, 0.25) is 0 Å². The monoisotopic (exact) mass is 323 g/mol. The van der Waals surface area contributed by atoms with E-state index in [9.17, 15) is 0 Å². The second-order valence-corrected chi connectivity index (χ2v) is 6.49. The molecular weight excluding hydrogens is 294 g/mol. The van der Waals surface area contributed by atoms with Crippen molar-refractivity contribution in [3.05, 3.63) is 54.6 Å². The van der Waals surface area contributed by atoms with Gasteiger partial charge in [0.1, 0.15) is 0 Å². The maximum atomic E-state index is 3.51. The normalized spacial score (nSPS) is 14.7. The highest BCUT2D eigenvalue weighted by Crippen LogP contribution is 2.22. The van der Waals surface area contributed by atoms with Gasteiger partial charge in [-0.15, -0.1) is 0 Å². The van der Waals surface area contributed by atoms with Gasteiger partial charge >= 0.3 is 0 Å². The summed E-state index contributed by atoms with van der Waals surface area (Å²) in [4.78, 5) is 4.96. The van der Waals surface area contributed by atoms with E-state index in [1.165, 1.54) is 36.3 Å². The predicted octanol–water partition coefficient (Wildman–Crippen LogP) is 4.62. The molecule has 2 aromatic rings. The molecule has 0 aliphatic carbocycles. The first-order valence-electron chi connectivity index (χ1n) is 9.25. The van der Waals surface area contributed by atoms with E-state index in [0.29, 0.717) is 0 Å². The maximum Gasteiger partial charge on any atom is 0.0368 e. The molecule has 2 aromatic carbocycles. The van der Waals surface area contributed by atoms with Crippen molar-refractivity contribution < 1.29 is 0 Å². The van der Waals surface area contributed by atoms with E-state index in [4.69, 9.17) is 0 Å². The highest BCUT2D eigenvalue weighted by atomic mass is 15.3. The van der Waals surface area contributed by atoms with Gasteiger partial charge in [0, 0.05) is 49.8 Å². The molecule has 128 valence electrons. The second kappa shape index (κ2) is 8.62. The third-order valence-corrected chi connectivity index (χ3v) is 4.74. The van der Waals surface area contributed by atoms with Crippen LogP contribution < -0.4 is 15.1 Å². The highest BCUT2D eigenvalue weighted by molar-refractivity contribution is 5.56. The Labute approximate surface area is 146 Å². The van der Waals surface area contributed by atoms with Crippen LogP contribution in [0.25, 0.3) is 0 Å². The fraction of sp³-hybridized carbons (Fsp3) is 0.429. The van der Waals surface area contributed by atoms with E-state index in [0.717, 1.165) is 32.7 Å². The summed E-state index contributed by atoms with van der Waals surface area (Å²) in [7, 11) is 0. The van der Waals surface area contributed by atoms with Gasteiger partial charge in [-0.3, -0.25) is 0 Å². The molecule has 3 nitrogen and oxygen atoms in total. The first kappa shape index (κ1) is 16.7. The zero-order valence-corrected chi connectivity index (χ0v) is 14.7. The van der Waals surface area contributed by atoms with Gasteiger partial charge in [0.25, 0.3) is 0 Å². The SMILES string of the molecule is CCCCCNc1ccc(N2CCN(c3ccccc3)CC2)cc1. The van der Waals surface area contributed by atoms with E-state index in [-0.39, 0.29) is 0 Å². The summed E-state index contributed by atoms with van der Waals surface area (Å²) in [5.74, 6) is 0. The predicted molar refractivity (Wildman–Crippen MR) is 105 cm³/mol. The Morgan fingerprint density at radius 2 is 1.33 bits per heavy atom. The van der Waals surface area contributed by atoms with Gasteiger partial charge in [-0.1, -0.05) is 38.0 Å². The summed E-state index contributed by atoms with van der Waals surface area (Å²) in [6.45, 7) is 7.65. The Morgan fingerprint density at radius 1 is 0.750 bits per heavy atom. The molecule has 0 spiro atoms. The lowest BCUT2D eigenvalue weighted by atomic mass is 10.2. The van der Waals surface area contributed by atoms with E-state index in [1.54, 1.807) is 0 Å². The summed E-state index contributed by atoms with van der Waals surface area (Å²) in [5.41, 5.74) is 3.91. The molecule has 1 fully saturated rings. The molecule has 3 rings (SSSR count). The third kappa shape index (κ3) is 4.44. The van der Waals surface area contributed by atoms with Gasteiger partial charge in [-0.25, -0.2) is 0 Å². The molecule has 0 saturated carbocycles. The average molecular weight is 323 g/mol. The van der Waals surface area contributed by atoms with Crippen molar-refractivity contribution in [1.29, 1.82) is 0 Å². The molecule has 1 N–H and O–H groups in total. The molecule has 1 aliphatic heterocycles. The summed E-state index contributed by atoms with van der Waals surface area (Å²) in [5, 5.41) is 3.51. The number of rotatable bonds is 7. The third-order valence-electron chi connectivity index (χ3n) is 4.74. The zero-order chi connectivity index (χ0) is 16.6. The number of nitrogens with one attached hydrogen (secondary N) is 1. The summed E-state index contributed by atoms with van der Waals surface area (Å²) in [6.07, 6.45) is 3.83. The molecule has 3 heteroatoms. The largest absolute Gasteiger partial charge is 0.385 e. The number of hydrogen-bond acceptors (Lipinski definition) is 3. The molecule has 0 radical (unpaired) electrons. The van der Waals surface area contributed by atoms with Crippen molar-refractivity contribution in [1.82, 2.24) is 0 Å². The van der Waals surface area contributed by atoms with Crippen molar-refractivity contribution in [3.8, 4) is 0 Å². The molecule has 0 aromatic heterocycles. The topological polar surface area (TPSA) is 18.5 Å². The number of nitrogens with zero attached hydrogens (tertiary/aromatic N) is 2. The molecule has 1 heterocycles. The Balaban J connectivity index is 1.49. The van der Waals surface area contributed by atoms with Crippen molar-refractivity contribution in [2.45, 2.75) is 26.2 Å². The van der Waals surface area contributed by atoms with Crippen molar-refractivity contribution in [3.63, 3.8) is 0 Å². The smallest absolute Gasteiger partial charge is 0.0368 e. The Morgan fingerprint density at radius 3 is 1.92 bits per heavy atom. The lowest BCUT2D eigenvalue weighted by Gasteiger charge is -2.37. The highest BCUT2D eigenvalue weighted by Gasteiger charge is 2.17. The van der Waals surface area contributed by atoms with E-state index >= 15 is 0 Å². The molecular formula is C21H29N3. The maximum absolute atomic E-state index is 3.51. The van der Waals surface area contributed by atoms with Crippen LogP contribution in [0.1, 0.15) is 26.2 Å². The molecule has 0 atom stereocenters. The lowest BCUT2D eigenvalue weighted by molar-refractivity contribution is 0.653. The molecule has 0 unspecified atom stereocenters. The summed E-state index contributed by atoms with van der Waals surface area (Å²) < 4.78 is 0. The van der Waals surface area contributed by atoms with Crippen LogP contribution in [-0.4, -0.2) is 32.7 Å². The van der Waals surface area contributed by atoms with Gasteiger partial charge in [-0.2, -0.15) is 0 Å². The van der Waals surface area contributed by atoms with Gasteiger partial charge in [0.15, 0.2) is 0 Å². The van der Waals surface area contributed by atoms with E-state index in [2.05, 4.69) is 76.6 Å². The van der Waals surface area contributed by atoms with Gasteiger partial charge in [-0.05, 0) is 42.8 Å². The van der Waals surface area contributed by atoms with Crippen molar-refractivity contribution >= 4 is 17.1 Å². The number of para-hydroxylation sites is 1. The van der Waals surface area contributed by atoms with E-state index in [1.807, 2.05) is 0 Å². The first-order valence-corrected chi connectivity index (χ1v) is 9.25. The Kier molecular flexibility index (Phi) is 6.00. The Hall–Kier alpha value is -2.16. The molecule has 0 amide bonds. The minimum Gasteiger partial charge on any atom is -0.385 e. The average Bonchev–Trinajstić information content (AvgIpc) is 2.67. The minimum atomic E-state index is 1.07. The van der Waals surface area contributed by atoms with Crippen LogP contribution in [0.3, 0.4) is 0 Å². The molecule has 1 saturated heterocycles. The standard InChI is InChI=1S/C21H29N3/c1-2-3-7-14-22-19-10-12-21(13-11-19)24-17-15-23(16-18-24)20-8-5-4-6-9-20/h4-6,8-13,22H,2-3,7,14-18H2,1H3. The van der Waals surface area contributed by atoms with Crippen LogP contribution in [0, 0.1) is 0 Å². The zero-order valence-electron chi connectivity index (χ0n) is 14.7. The van der Waals surface area contributed by atoms with Crippen molar-refractivity contribution in [2.75, 3.05) is 47.8 Å². The minimum absolute atomic E-state index is 1.07. The second-order valence-electron chi connectivity index (χ2n) is 6.49. The lowest BCUT2D eigenvalue weighted by Crippen LogP contribution is -2.46. The number of hydrogen-bond donors (Lipinski definition) is 1. The first-order chi connectivity index (χ1) is 11.9. The summed E-state index contributed by atoms with van der Waals surface area (Å²) >= 11 is 0. The number of piperazine rings is 1. The Bertz CT molecular complexity index is 586. The van der Waals surface area contributed by atoms with Gasteiger partial charge in [0.05, 0.1) is 0 Å². The number of benzene rings is 2. The summed E-state index contributed by atoms with van der Waals surface area (Å²) in [6, 6.07) is 19.7. The number of anilines is 3.